The monoisotopic (exact) mass is 340 g/mol. The van der Waals surface area contributed by atoms with Crippen LogP contribution in [0.15, 0.2) is 5.38 Å². The lowest BCUT2D eigenvalue weighted by Gasteiger charge is -2.58. The summed E-state index contributed by atoms with van der Waals surface area (Å²) in [5.74, 6) is -1.25. The highest BCUT2D eigenvalue weighted by molar-refractivity contribution is 7.09. The lowest BCUT2D eigenvalue weighted by Crippen LogP contribution is -2.76. The van der Waals surface area contributed by atoms with Gasteiger partial charge in [-0.3, -0.25) is 4.79 Å². The first kappa shape index (κ1) is 17.9. The number of carboxylic acid groups (broad SMARTS) is 1. The Morgan fingerprint density at radius 3 is 2.61 bits per heavy atom. The molecule has 0 spiro atoms. The normalized spacial score (nSPS) is 25.9. The van der Waals surface area contributed by atoms with Gasteiger partial charge in [0, 0.05) is 29.7 Å². The number of carbonyl (C=O) groups is 2. The van der Waals surface area contributed by atoms with Gasteiger partial charge in [-0.2, -0.15) is 0 Å². The number of thiazole rings is 1. The Kier molecular flexibility index (Phi) is 4.82. The molecule has 0 radical (unpaired) electrons. The van der Waals surface area contributed by atoms with E-state index in [0.29, 0.717) is 6.61 Å². The van der Waals surface area contributed by atoms with Crippen LogP contribution in [0.2, 0.25) is 0 Å². The summed E-state index contributed by atoms with van der Waals surface area (Å²) in [5.41, 5.74) is -1.75. The summed E-state index contributed by atoms with van der Waals surface area (Å²) in [6.07, 6.45) is 0.0707. The second-order valence-electron chi connectivity index (χ2n) is 6.76. The van der Waals surface area contributed by atoms with Gasteiger partial charge in [-0.25, -0.2) is 9.78 Å². The van der Waals surface area contributed by atoms with Crippen molar-refractivity contribution in [3.8, 4) is 0 Å². The van der Waals surface area contributed by atoms with Crippen LogP contribution in [-0.2, 0) is 9.53 Å². The van der Waals surface area contributed by atoms with Crippen molar-refractivity contribution >= 4 is 23.2 Å². The molecule has 1 aromatic heterocycles. The van der Waals surface area contributed by atoms with Crippen LogP contribution in [0.3, 0.4) is 0 Å². The number of hydrogen-bond acceptors (Lipinski definition) is 5. The molecule has 2 atom stereocenters. The van der Waals surface area contributed by atoms with Crippen LogP contribution in [0, 0.1) is 5.41 Å². The largest absolute Gasteiger partial charge is 0.479 e. The summed E-state index contributed by atoms with van der Waals surface area (Å²) >= 11 is 1.41. The number of aromatic nitrogens is 1. The Hall–Kier alpha value is -1.47. The standard InChI is InChI=1S/C16H24N2O4S/c1-6-22-11-7-16(14(20)21,15(11,4)5)18-12(19)10-8-23-13(17-10)9(2)3/h8-9,11H,6-7H2,1-5H3,(H,18,19)(H,20,21)/t11-,16+/m0/s1. The van der Waals surface area contributed by atoms with E-state index in [9.17, 15) is 14.7 Å². The van der Waals surface area contributed by atoms with Crippen LogP contribution in [0.25, 0.3) is 0 Å². The molecular formula is C16H24N2O4S. The average Bonchev–Trinajstić information content (AvgIpc) is 2.95. The fourth-order valence-corrected chi connectivity index (χ4v) is 3.77. The number of nitrogens with one attached hydrogen (secondary N) is 1. The van der Waals surface area contributed by atoms with Gasteiger partial charge in [0.2, 0.25) is 0 Å². The number of hydrogen-bond donors (Lipinski definition) is 2. The van der Waals surface area contributed by atoms with E-state index >= 15 is 0 Å². The summed E-state index contributed by atoms with van der Waals surface area (Å²) in [4.78, 5) is 28.6. The zero-order valence-electron chi connectivity index (χ0n) is 14.2. The third-order valence-corrected chi connectivity index (χ3v) is 5.85. The van der Waals surface area contributed by atoms with Gasteiger partial charge in [0.25, 0.3) is 5.91 Å². The molecule has 1 amide bonds. The van der Waals surface area contributed by atoms with Crippen molar-refractivity contribution in [1.82, 2.24) is 10.3 Å². The first-order valence-corrected chi connectivity index (χ1v) is 8.66. The molecular weight excluding hydrogens is 316 g/mol. The van der Waals surface area contributed by atoms with Crippen molar-refractivity contribution in [2.75, 3.05) is 6.61 Å². The van der Waals surface area contributed by atoms with Gasteiger partial charge in [-0.15, -0.1) is 11.3 Å². The molecule has 2 rings (SSSR count). The van der Waals surface area contributed by atoms with Crippen molar-refractivity contribution in [1.29, 1.82) is 0 Å². The molecule has 0 unspecified atom stereocenters. The van der Waals surface area contributed by atoms with Gasteiger partial charge >= 0.3 is 5.97 Å². The molecule has 23 heavy (non-hydrogen) atoms. The number of ether oxygens (including phenoxy) is 1. The lowest BCUT2D eigenvalue weighted by molar-refractivity contribution is -0.190. The SMILES string of the molecule is CCO[C@H]1C[C@@](NC(=O)c2csc(C(C)C)n2)(C(=O)O)C1(C)C. The van der Waals surface area contributed by atoms with Crippen molar-refractivity contribution in [3.63, 3.8) is 0 Å². The van der Waals surface area contributed by atoms with E-state index < -0.39 is 22.8 Å². The number of carbonyl (C=O) groups excluding carboxylic acids is 1. The highest BCUT2D eigenvalue weighted by Crippen LogP contribution is 2.51. The molecule has 0 aliphatic heterocycles. The Labute approximate surface area is 140 Å². The third-order valence-electron chi connectivity index (χ3n) is 4.70. The van der Waals surface area contributed by atoms with Crippen LogP contribution < -0.4 is 5.32 Å². The second-order valence-corrected chi connectivity index (χ2v) is 7.65. The second kappa shape index (κ2) is 6.20. The number of amides is 1. The summed E-state index contributed by atoms with van der Waals surface area (Å²) < 4.78 is 5.59. The van der Waals surface area contributed by atoms with Crippen LogP contribution in [0.4, 0.5) is 0 Å². The van der Waals surface area contributed by atoms with Gasteiger partial charge in [0.1, 0.15) is 11.2 Å². The van der Waals surface area contributed by atoms with Gasteiger partial charge < -0.3 is 15.2 Å². The zero-order chi connectivity index (χ0) is 17.4. The molecule has 128 valence electrons. The van der Waals surface area contributed by atoms with Gasteiger partial charge in [0.05, 0.1) is 11.1 Å². The molecule has 1 aliphatic carbocycles. The van der Waals surface area contributed by atoms with E-state index in [1.165, 1.54) is 11.3 Å². The highest BCUT2D eigenvalue weighted by Gasteiger charge is 2.66. The van der Waals surface area contributed by atoms with Gasteiger partial charge in [-0.1, -0.05) is 27.7 Å². The molecule has 2 N–H and O–H groups in total. The van der Waals surface area contributed by atoms with Crippen LogP contribution in [0.1, 0.15) is 62.5 Å². The van der Waals surface area contributed by atoms with E-state index in [1.54, 1.807) is 5.38 Å². The van der Waals surface area contributed by atoms with Crippen LogP contribution in [-0.4, -0.2) is 40.2 Å². The predicted molar refractivity (Wildman–Crippen MR) is 87.8 cm³/mol. The molecule has 6 nitrogen and oxygen atoms in total. The number of carboxylic acids is 1. The molecule has 0 bridgehead atoms. The zero-order valence-corrected chi connectivity index (χ0v) is 15.0. The summed E-state index contributed by atoms with van der Waals surface area (Å²) in [6.45, 7) is 10.0. The first-order chi connectivity index (χ1) is 10.7. The average molecular weight is 340 g/mol. The van der Waals surface area contributed by atoms with Gasteiger partial charge in [-0.05, 0) is 6.92 Å². The molecule has 7 heteroatoms. The van der Waals surface area contributed by atoms with Crippen LogP contribution >= 0.6 is 11.3 Å². The summed E-state index contributed by atoms with van der Waals surface area (Å²) in [5, 5.41) is 14.9. The third kappa shape index (κ3) is 2.87. The van der Waals surface area contributed by atoms with E-state index in [4.69, 9.17) is 4.74 Å². The van der Waals surface area contributed by atoms with Crippen LogP contribution in [0.5, 0.6) is 0 Å². The molecule has 0 saturated heterocycles. The first-order valence-electron chi connectivity index (χ1n) is 7.78. The smallest absolute Gasteiger partial charge is 0.330 e. The van der Waals surface area contributed by atoms with Gasteiger partial charge in [0.15, 0.2) is 0 Å². The topological polar surface area (TPSA) is 88.5 Å². The van der Waals surface area contributed by atoms with Crippen molar-refractivity contribution < 1.29 is 19.4 Å². The molecule has 1 saturated carbocycles. The predicted octanol–water partition coefficient (Wildman–Crippen LogP) is 2.65. The Bertz CT molecular complexity index is 611. The molecule has 1 aromatic rings. The Morgan fingerprint density at radius 1 is 1.52 bits per heavy atom. The van der Waals surface area contributed by atoms with E-state index in [1.807, 2.05) is 34.6 Å². The molecule has 1 fully saturated rings. The summed E-state index contributed by atoms with van der Waals surface area (Å²) in [7, 11) is 0. The minimum atomic E-state index is -1.33. The molecule has 1 aliphatic rings. The quantitative estimate of drug-likeness (QED) is 0.831. The number of aliphatic carboxylic acids is 1. The van der Waals surface area contributed by atoms with Crippen molar-refractivity contribution in [3.05, 3.63) is 16.1 Å². The number of rotatable bonds is 6. The maximum Gasteiger partial charge on any atom is 0.330 e. The molecule has 0 aromatic carbocycles. The fraction of sp³-hybridized carbons (Fsp3) is 0.688. The van der Waals surface area contributed by atoms with Crippen molar-refractivity contribution in [2.45, 2.75) is 58.6 Å². The summed E-state index contributed by atoms with van der Waals surface area (Å²) in [6, 6.07) is 0. The Balaban J connectivity index is 2.20. The lowest BCUT2D eigenvalue weighted by atomic mass is 9.54. The van der Waals surface area contributed by atoms with E-state index in [2.05, 4.69) is 10.3 Å². The fourth-order valence-electron chi connectivity index (χ4n) is 2.95. The minimum Gasteiger partial charge on any atom is -0.479 e. The molecule has 1 heterocycles. The minimum absolute atomic E-state index is 0.189. The maximum atomic E-state index is 12.5. The number of nitrogens with zero attached hydrogens (tertiary/aromatic N) is 1. The van der Waals surface area contributed by atoms with E-state index in [-0.39, 0.29) is 24.1 Å². The van der Waals surface area contributed by atoms with E-state index in [0.717, 1.165) is 5.01 Å². The maximum absolute atomic E-state index is 12.5. The van der Waals surface area contributed by atoms with Crippen molar-refractivity contribution in [2.24, 2.45) is 5.41 Å². The Morgan fingerprint density at radius 2 is 2.17 bits per heavy atom. The highest BCUT2D eigenvalue weighted by atomic mass is 32.1.